The molecule has 0 spiro atoms. The molecule has 0 bridgehead atoms. The van der Waals surface area contributed by atoms with Gasteiger partial charge < -0.3 is 5.73 Å². The third-order valence-electron chi connectivity index (χ3n) is 5.86. The standard InChI is InChI=1S/C18H28N2/c1-2-17-9-6-11-18(17,14-19)20-12-10-16(13-20)15-7-4-3-5-8-15/h3-5,7-8,16-17H,2,6,9-14,19H2,1H3. The van der Waals surface area contributed by atoms with Crippen LogP contribution in [0.2, 0.25) is 0 Å². The zero-order valence-electron chi connectivity index (χ0n) is 12.7. The topological polar surface area (TPSA) is 29.3 Å². The Labute approximate surface area is 123 Å². The highest BCUT2D eigenvalue weighted by Gasteiger charge is 2.47. The lowest BCUT2D eigenvalue weighted by Crippen LogP contribution is -2.55. The molecule has 3 atom stereocenters. The summed E-state index contributed by atoms with van der Waals surface area (Å²) in [6, 6.07) is 11.0. The number of rotatable bonds is 4. The van der Waals surface area contributed by atoms with Crippen LogP contribution in [0.3, 0.4) is 0 Å². The lowest BCUT2D eigenvalue weighted by Gasteiger charge is -2.43. The van der Waals surface area contributed by atoms with Crippen LogP contribution in [0.25, 0.3) is 0 Å². The van der Waals surface area contributed by atoms with Gasteiger partial charge in [-0.3, -0.25) is 4.90 Å². The van der Waals surface area contributed by atoms with Crippen molar-refractivity contribution in [3.63, 3.8) is 0 Å². The minimum atomic E-state index is 0.304. The monoisotopic (exact) mass is 272 g/mol. The van der Waals surface area contributed by atoms with E-state index in [1.165, 1.54) is 50.8 Å². The van der Waals surface area contributed by atoms with Crippen LogP contribution in [-0.4, -0.2) is 30.1 Å². The van der Waals surface area contributed by atoms with Crippen LogP contribution < -0.4 is 5.73 Å². The highest BCUT2D eigenvalue weighted by atomic mass is 15.2. The van der Waals surface area contributed by atoms with E-state index in [0.717, 1.165) is 12.5 Å². The van der Waals surface area contributed by atoms with Crippen LogP contribution in [0, 0.1) is 5.92 Å². The van der Waals surface area contributed by atoms with E-state index in [0.29, 0.717) is 11.5 Å². The van der Waals surface area contributed by atoms with Crippen molar-refractivity contribution < 1.29 is 0 Å². The van der Waals surface area contributed by atoms with E-state index in [4.69, 9.17) is 5.73 Å². The van der Waals surface area contributed by atoms with Gasteiger partial charge in [-0.05, 0) is 43.2 Å². The zero-order chi connectivity index (χ0) is 14.0. The molecule has 0 amide bonds. The molecule has 3 rings (SSSR count). The summed E-state index contributed by atoms with van der Waals surface area (Å²) in [5.74, 6) is 1.51. The average molecular weight is 272 g/mol. The maximum Gasteiger partial charge on any atom is 0.0359 e. The Bertz CT molecular complexity index is 430. The minimum Gasteiger partial charge on any atom is -0.329 e. The minimum absolute atomic E-state index is 0.304. The Hall–Kier alpha value is -0.860. The second-order valence-corrected chi connectivity index (χ2v) is 6.65. The van der Waals surface area contributed by atoms with Crippen molar-refractivity contribution in [2.24, 2.45) is 11.7 Å². The highest BCUT2D eigenvalue weighted by Crippen LogP contribution is 2.44. The van der Waals surface area contributed by atoms with E-state index < -0.39 is 0 Å². The smallest absolute Gasteiger partial charge is 0.0359 e. The molecule has 0 aromatic heterocycles. The summed E-state index contributed by atoms with van der Waals surface area (Å²) < 4.78 is 0. The number of nitrogens with zero attached hydrogens (tertiary/aromatic N) is 1. The number of benzene rings is 1. The third kappa shape index (κ3) is 2.29. The molecule has 20 heavy (non-hydrogen) atoms. The molecule has 1 aliphatic carbocycles. The fourth-order valence-electron chi connectivity index (χ4n) is 4.69. The summed E-state index contributed by atoms with van der Waals surface area (Å²) in [6.07, 6.45) is 6.62. The molecule has 1 heterocycles. The number of nitrogens with two attached hydrogens (primary N) is 1. The average Bonchev–Trinajstić information content (AvgIpc) is 3.15. The molecule has 2 aliphatic rings. The van der Waals surface area contributed by atoms with E-state index in [1.54, 1.807) is 0 Å². The van der Waals surface area contributed by atoms with Crippen molar-refractivity contribution in [1.29, 1.82) is 0 Å². The van der Waals surface area contributed by atoms with E-state index in [-0.39, 0.29) is 0 Å². The Morgan fingerprint density at radius 3 is 2.75 bits per heavy atom. The van der Waals surface area contributed by atoms with Crippen molar-refractivity contribution in [3.05, 3.63) is 35.9 Å². The summed E-state index contributed by atoms with van der Waals surface area (Å²) in [5.41, 5.74) is 8.07. The molecule has 1 saturated heterocycles. The molecular formula is C18H28N2. The molecule has 1 aromatic carbocycles. The molecule has 2 fully saturated rings. The van der Waals surface area contributed by atoms with Crippen LogP contribution >= 0.6 is 0 Å². The number of hydrogen-bond acceptors (Lipinski definition) is 2. The molecule has 3 unspecified atom stereocenters. The van der Waals surface area contributed by atoms with Crippen molar-refractivity contribution in [1.82, 2.24) is 4.90 Å². The van der Waals surface area contributed by atoms with Crippen LogP contribution in [-0.2, 0) is 0 Å². The van der Waals surface area contributed by atoms with E-state index in [9.17, 15) is 0 Å². The molecule has 2 heteroatoms. The Morgan fingerprint density at radius 1 is 1.25 bits per heavy atom. The van der Waals surface area contributed by atoms with Crippen LogP contribution in [0.4, 0.5) is 0 Å². The van der Waals surface area contributed by atoms with Gasteiger partial charge in [0.05, 0.1) is 0 Å². The van der Waals surface area contributed by atoms with Gasteiger partial charge in [-0.2, -0.15) is 0 Å². The summed E-state index contributed by atoms with van der Waals surface area (Å²) in [4.78, 5) is 2.74. The summed E-state index contributed by atoms with van der Waals surface area (Å²) >= 11 is 0. The van der Waals surface area contributed by atoms with E-state index in [2.05, 4.69) is 42.2 Å². The van der Waals surface area contributed by atoms with Gasteiger partial charge in [-0.25, -0.2) is 0 Å². The third-order valence-corrected chi connectivity index (χ3v) is 5.86. The van der Waals surface area contributed by atoms with Crippen molar-refractivity contribution in [2.75, 3.05) is 19.6 Å². The molecule has 2 nitrogen and oxygen atoms in total. The lowest BCUT2D eigenvalue weighted by atomic mass is 9.83. The first kappa shape index (κ1) is 14.1. The van der Waals surface area contributed by atoms with Crippen LogP contribution in [0.15, 0.2) is 30.3 Å². The highest BCUT2D eigenvalue weighted by molar-refractivity contribution is 5.22. The molecular weight excluding hydrogens is 244 g/mol. The predicted octanol–water partition coefficient (Wildman–Crippen LogP) is 3.38. The Balaban J connectivity index is 1.76. The maximum atomic E-state index is 6.26. The van der Waals surface area contributed by atoms with Gasteiger partial charge in [0, 0.05) is 18.6 Å². The second-order valence-electron chi connectivity index (χ2n) is 6.65. The summed E-state index contributed by atoms with van der Waals surface area (Å²) in [7, 11) is 0. The largest absolute Gasteiger partial charge is 0.329 e. The molecule has 1 saturated carbocycles. The Kier molecular flexibility index (Phi) is 4.13. The van der Waals surface area contributed by atoms with Gasteiger partial charge in [0.15, 0.2) is 0 Å². The Morgan fingerprint density at radius 2 is 2.05 bits per heavy atom. The van der Waals surface area contributed by atoms with Crippen LogP contribution in [0.1, 0.15) is 50.5 Å². The predicted molar refractivity (Wildman–Crippen MR) is 84.8 cm³/mol. The zero-order valence-corrected chi connectivity index (χ0v) is 12.7. The van der Waals surface area contributed by atoms with Gasteiger partial charge >= 0.3 is 0 Å². The van der Waals surface area contributed by atoms with Crippen molar-refractivity contribution >= 4 is 0 Å². The van der Waals surface area contributed by atoms with Gasteiger partial charge in [-0.1, -0.05) is 50.1 Å². The lowest BCUT2D eigenvalue weighted by molar-refractivity contribution is 0.0784. The molecule has 110 valence electrons. The summed E-state index contributed by atoms with van der Waals surface area (Å²) in [6.45, 7) is 5.61. The van der Waals surface area contributed by atoms with Gasteiger partial charge in [-0.15, -0.1) is 0 Å². The first-order valence-electron chi connectivity index (χ1n) is 8.30. The summed E-state index contributed by atoms with van der Waals surface area (Å²) in [5, 5.41) is 0. The number of hydrogen-bond donors (Lipinski definition) is 1. The SMILES string of the molecule is CCC1CCCC1(CN)N1CCC(c2ccccc2)C1. The van der Waals surface area contributed by atoms with Gasteiger partial charge in [0.1, 0.15) is 0 Å². The molecule has 1 aromatic rings. The molecule has 0 radical (unpaired) electrons. The maximum absolute atomic E-state index is 6.26. The molecule has 2 N–H and O–H groups in total. The first-order valence-corrected chi connectivity index (χ1v) is 8.30. The van der Waals surface area contributed by atoms with Gasteiger partial charge in [0.2, 0.25) is 0 Å². The number of likely N-dealkylation sites (tertiary alicyclic amines) is 1. The van der Waals surface area contributed by atoms with Gasteiger partial charge in [0.25, 0.3) is 0 Å². The second kappa shape index (κ2) is 5.87. The quantitative estimate of drug-likeness (QED) is 0.910. The normalized spacial score (nSPS) is 34.7. The van der Waals surface area contributed by atoms with E-state index in [1.807, 2.05) is 0 Å². The first-order chi connectivity index (χ1) is 9.80. The fourth-order valence-corrected chi connectivity index (χ4v) is 4.69. The van der Waals surface area contributed by atoms with E-state index >= 15 is 0 Å². The molecule has 1 aliphatic heterocycles. The van der Waals surface area contributed by atoms with Crippen molar-refractivity contribution in [3.8, 4) is 0 Å². The van der Waals surface area contributed by atoms with Crippen molar-refractivity contribution in [2.45, 2.75) is 50.5 Å². The fraction of sp³-hybridized carbons (Fsp3) is 0.667. The van der Waals surface area contributed by atoms with Crippen LogP contribution in [0.5, 0.6) is 0 Å².